The standard InChI is InChI=1S/C10H11ClN2S/c1-10(2,3)9-13-8-7(14-9)4-6(11)5-12-8/h4-5H,1-3H3. The van der Waals surface area contributed by atoms with Gasteiger partial charge < -0.3 is 0 Å². The molecule has 74 valence electrons. The summed E-state index contributed by atoms with van der Waals surface area (Å²) in [5.41, 5.74) is 0.877. The summed E-state index contributed by atoms with van der Waals surface area (Å²) >= 11 is 7.52. The van der Waals surface area contributed by atoms with E-state index in [4.69, 9.17) is 11.6 Å². The highest BCUT2D eigenvalue weighted by atomic mass is 35.5. The first kappa shape index (κ1) is 9.87. The number of fused-ring (bicyclic) bond motifs is 1. The summed E-state index contributed by atoms with van der Waals surface area (Å²) in [7, 11) is 0. The van der Waals surface area contributed by atoms with Gasteiger partial charge in [0.25, 0.3) is 0 Å². The third-order valence-electron chi connectivity index (χ3n) is 1.86. The van der Waals surface area contributed by atoms with Gasteiger partial charge in [-0.3, -0.25) is 0 Å². The molecule has 0 bridgehead atoms. The van der Waals surface area contributed by atoms with Gasteiger partial charge in [-0.05, 0) is 6.07 Å². The average molecular weight is 227 g/mol. The fourth-order valence-corrected chi connectivity index (χ4v) is 2.36. The fourth-order valence-electron chi connectivity index (χ4n) is 1.12. The second kappa shape index (κ2) is 3.17. The Bertz CT molecular complexity index is 470. The minimum atomic E-state index is 0.0812. The van der Waals surface area contributed by atoms with E-state index in [1.807, 2.05) is 6.07 Å². The van der Waals surface area contributed by atoms with Gasteiger partial charge >= 0.3 is 0 Å². The molecule has 0 aromatic carbocycles. The van der Waals surface area contributed by atoms with Crippen molar-refractivity contribution < 1.29 is 0 Å². The van der Waals surface area contributed by atoms with Crippen LogP contribution in [0.5, 0.6) is 0 Å². The fraction of sp³-hybridized carbons (Fsp3) is 0.400. The molecule has 0 N–H and O–H groups in total. The van der Waals surface area contributed by atoms with Gasteiger partial charge in [-0.15, -0.1) is 11.3 Å². The maximum Gasteiger partial charge on any atom is 0.170 e. The minimum absolute atomic E-state index is 0.0812. The van der Waals surface area contributed by atoms with Crippen molar-refractivity contribution in [3.05, 3.63) is 22.3 Å². The van der Waals surface area contributed by atoms with E-state index < -0.39 is 0 Å². The van der Waals surface area contributed by atoms with Crippen molar-refractivity contribution in [2.45, 2.75) is 26.2 Å². The SMILES string of the molecule is CC(C)(C)c1nc2ncc(Cl)cc2s1. The van der Waals surface area contributed by atoms with Crippen LogP contribution in [0.1, 0.15) is 25.8 Å². The summed E-state index contributed by atoms with van der Waals surface area (Å²) in [4.78, 5) is 8.66. The smallest absolute Gasteiger partial charge is 0.170 e. The number of aromatic nitrogens is 2. The summed E-state index contributed by atoms with van der Waals surface area (Å²) in [6.45, 7) is 6.44. The molecular formula is C10H11ClN2S. The molecule has 0 unspecified atom stereocenters. The highest BCUT2D eigenvalue weighted by molar-refractivity contribution is 7.18. The van der Waals surface area contributed by atoms with Crippen LogP contribution in [0.2, 0.25) is 5.02 Å². The summed E-state index contributed by atoms with van der Waals surface area (Å²) in [5, 5.41) is 1.77. The lowest BCUT2D eigenvalue weighted by atomic mass is 9.98. The second-order valence-corrected chi connectivity index (χ2v) is 5.71. The highest BCUT2D eigenvalue weighted by Crippen LogP contribution is 2.31. The molecule has 0 radical (unpaired) electrons. The predicted molar refractivity (Wildman–Crippen MR) is 61.1 cm³/mol. The third kappa shape index (κ3) is 1.74. The van der Waals surface area contributed by atoms with E-state index in [0.29, 0.717) is 5.02 Å². The first-order valence-corrected chi connectivity index (χ1v) is 5.59. The maximum absolute atomic E-state index is 5.86. The molecule has 0 saturated carbocycles. The van der Waals surface area contributed by atoms with Gasteiger partial charge in [-0.25, -0.2) is 9.97 Å². The molecule has 0 spiro atoms. The Hall–Kier alpha value is -0.670. The molecule has 0 aliphatic heterocycles. The number of rotatable bonds is 0. The largest absolute Gasteiger partial charge is 0.234 e. The van der Waals surface area contributed by atoms with E-state index in [1.165, 1.54) is 0 Å². The topological polar surface area (TPSA) is 25.8 Å². The van der Waals surface area contributed by atoms with Crippen LogP contribution >= 0.6 is 22.9 Å². The second-order valence-electron chi connectivity index (χ2n) is 4.24. The van der Waals surface area contributed by atoms with Crippen molar-refractivity contribution in [2.24, 2.45) is 0 Å². The molecule has 0 fully saturated rings. The van der Waals surface area contributed by atoms with Crippen LogP contribution in [0.3, 0.4) is 0 Å². The summed E-state index contributed by atoms with van der Waals surface area (Å²) < 4.78 is 1.06. The Morgan fingerprint density at radius 3 is 2.71 bits per heavy atom. The number of thiazole rings is 1. The summed E-state index contributed by atoms with van der Waals surface area (Å²) in [6.07, 6.45) is 1.63. The summed E-state index contributed by atoms with van der Waals surface area (Å²) in [5.74, 6) is 0. The Labute approximate surface area is 92.0 Å². The van der Waals surface area contributed by atoms with Crippen molar-refractivity contribution >= 4 is 33.3 Å². The number of nitrogens with zero attached hydrogens (tertiary/aromatic N) is 2. The van der Waals surface area contributed by atoms with Crippen molar-refractivity contribution in [1.82, 2.24) is 9.97 Å². The molecule has 4 heteroatoms. The van der Waals surface area contributed by atoms with Crippen LogP contribution in [0.15, 0.2) is 12.3 Å². The van der Waals surface area contributed by atoms with Gasteiger partial charge in [0, 0.05) is 11.6 Å². The van der Waals surface area contributed by atoms with Crippen LogP contribution in [0.25, 0.3) is 10.3 Å². The van der Waals surface area contributed by atoms with Crippen LogP contribution in [0, 0.1) is 0 Å². The van der Waals surface area contributed by atoms with Crippen molar-refractivity contribution in [1.29, 1.82) is 0 Å². The normalized spacial score (nSPS) is 12.3. The maximum atomic E-state index is 5.86. The lowest BCUT2D eigenvalue weighted by molar-refractivity contribution is 0.586. The van der Waals surface area contributed by atoms with E-state index in [2.05, 4.69) is 30.7 Å². The Morgan fingerprint density at radius 2 is 2.07 bits per heavy atom. The van der Waals surface area contributed by atoms with Crippen molar-refractivity contribution in [3.63, 3.8) is 0 Å². The van der Waals surface area contributed by atoms with E-state index in [9.17, 15) is 0 Å². The number of halogens is 1. The van der Waals surface area contributed by atoms with E-state index in [1.54, 1.807) is 17.5 Å². The molecule has 2 aromatic rings. The first-order chi connectivity index (χ1) is 6.47. The van der Waals surface area contributed by atoms with Crippen LogP contribution in [-0.2, 0) is 5.41 Å². The molecule has 0 atom stereocenters. The Morgan fingerprint density at radius 1 is 1.36 bits per heavy atom. The Balaban J connectivity index is 2.63. The lowest BCUT2D eigenvalue weighted by Gasteiger charge is -2.12. The van der Waals surface area contributed by atoms with Gasteiger partial charge in [-0.2, -0.15) is 0 Å². The zero-order valence-electron chi connectivity index (χ0n) is 8.34. The molecule has 2 aromatic heterocycles. The number of hydrogen-bond donors (Lipinski definition) is 0. The number of pyridine rings is 1. The van der Waals surface area contributed by atoms with Gasteiger partial charge in [0.2, 0.25) is 0 Å². The molecule has 0 aliphatic carbocycles. The van der Waals surface area contributed by atoms with Gasteiger partial charge in [0.1, 0.15) is 5.01 Å². The summed E-state index contributed by atoms with van der Waals surface area (Å²) in [6, 6.07) is 1.91. The number of hydrogen-bond acceptors (Lipinski definition) is 3. The molecule has 0 aliphatic rings. The minimum Gasteiger partial charge on any atom is -0.234 e. The van der Waals surface area contributed by atoms with Crippen molar-refractivity contribution in [3.8, 4) is 0 Å². The van der Waals surface area contributed by atoms with Crippen LogP contribution < -0.4 is 0 Å². The zero-order chi connectivity index (χ0) is 10.3. The van der Waals surface area contributed by atoms with E-state index >= 15 is 0 Å². The highest BCUT2D eigenvalue weighted by Gasteiger charge is 2.19. The average Bonchev–Trinajstić information content (AvgIpc) is 2.45. The molecule has 0 amide bonds. The molecule has 0 saturated heterocycles. The van der Waals surface area contributed by atoms with E-state index in [-0.39, 0.29) is 5.41 Å². The molecule has 2 nitrogen and oxygen atoms in total. The molecule has 2 heterocycles. The lowest BCUT2D eigenvalue weighted by Crippen LogP contribution is -2.09. The zero-order valence-corrected chi connectivity index (χ0v) is 9.91. The first-order valence-electron chi connectivity index (χ1n) is 4.39. The van der Waals surface area contributed by atoms with Gasteiger partial charge in [-0.1, -0.05) is 32.4 Å². The van der Waals surface area contributed by atoms with Crippen LogP contribution in [0.4, 0.5) is 0 Å². The van der Waals surface area contributed by atoms with Gasteiger partial charge in [0.05, 0.1) is 9.72 Å². The quantitative estimate of drug-likeness (QED) is 0.686. The van der Waals surface area contributed by atoms with Crippen molar-refractivity contribution in [2.75, 3.05) is 0 Å². The molecule has 2 rings (SSSR count). The molecule has 14 heavy (non-hydrogen) atoms. The molecular weight excluding hydrogens is 216 g/mol. The monoisotopic (exact) mass is 226 g/mol. The predicted octanol–water partition coefficient (Wildman–Crippen LogP) is 3.64. The Kier molecular flexibility index (Phi) is 2.24. The van der Waals surface area contributed by atoms with E-state index in [0.717, 1.165) is 15.4 Å². The third-order valence-corrected chi connectivity index (χ3v) is 3.48. The van der Waals surface area contributed by atoms with Crippen LogP contribution in [-0.4, -0.2) is 9.97 Å². The van der Waals surface area contributed by atoms with Gasteiger partial charge in [0.15, 0.2) is 5.65 Å².